The van der Waals surface area contributed by atoms with Gasteiger partial charge in [0.05, 0.1) is 13.2 Å². The first-order chi connectivity index (χ1) is 10.2. The van der Waals surface area contributed by atoms with Crippen molar-refractivity contribution in [2.45, 2.75) is 13.5 Å². The quantitative estimate of drug-likeness (QED) is 0.650. The Morgan fingerprint density at radius 1 is 1.38 bits per heavy atom. The molecule has 6 nitrogen and oxygen atoms in total. The Hall–Kier alpha value is -2.02. The summed E-state index contributed by atoms with van der Waals surface area (Å²) in [6.45, 7) is 2.74. The number of hydrogen-bond acceptors (Lipinski definition) is 6. The molecule has 2 N–H and O–H groups in total. The van der Waals surface area contributed by atoms with Crippen molar-refractivity contribution in [3.8, 4) is 11.3 Å². The minimum Gasteiger partial charge on any atom is -0.461 e. The summed E-state index contributed by atoms with van der Waals surface area (Å²) in [6.07, 6.45) is 2.02. The zero-order valence-electron chi connectivity index (χ0n) is 12.1. The summed E-state index contributed by atoms with van der Waals surface area (Å²) in [6, 6.07) is 7.28. The predicted molar refractivity (Wildman–Crippen MR) is 84.2 cm³/mol. The van der Waals surface area contributed by atoms with Gasteiger partial charge in [0.15, 0.2) is 5.69 Å². The van der Waals surface area contributed by atoms with E-state index in [4.69, 9.17) is 10.5 Å². The van der Waals surface area contributed by atoms with E-state index in [1.54, 1.807) is 35.5 Å². The van der Waals surface area contributed by atoms with Crippen molar-refractivity contribution in [1.82, 2.24) is 15.0 Å². The van der Waals surface area contributed by atoms with Gasteiger partial charge in [0.2, 0.25) is 0 Å². The highest BCUT2D eigenvalue weighted by Crippen LogP contribution is 2.24. The highest BCUT2D eigenvalue weighted by atomic mass is 32.2. The average Bonchev–Trinajstić information content (AvgIpc) is 2.90. The summed E-state index contributed by atoms with van der Waals surface area (Å²) < 4.78 is 6.78. The molecule has 1 aromatic carbocycles. The van der Waals surface area contributed by atoms with Gasteiger partial charge >= 0.3 is 5.97 Å². The van der Waals surface area contributed by atoms with Crippen LogP contribution in [0.25, 0.3) is 11.3 Å². The lowest BCUT2D eigenvalue weighted by Crippen LogP contribution is -2.09. The maximum Gasteiger partial charge on any atom is 0.361 e. The summed E-state index contributed by atoms with van der Waals surface area (Å²) in [5, 5.41) is 8.06. The lowest BCUT2D eigenvalue weighted by molar-refractivity contribution is 0.0520. The standard InChI is InChI=1S/C14H18N4O2S/c1-3-20-14(19)12-13(10-4-6-11(15)7-5-10)18(17-16-12)8-9-21-2/h4-7H,3,8-9,15H2,1-2H3. The van der Waals surface area contributed by atoms with Crippen molar-refractivity contribution in [2.24, 2.45) is 0 Å². The molecule has 112 valence electrons. The van der Waals surface area contributed by atoms with E-state index in [0.717, 1.165) is 11.3 Å². The Morgan fingerprint density at radius 3 is 2.71 bits per heavy atom. The second-order valence-electron chi connectivity index (χ2n) is 4.35. The van der Waals surface area contributed by atoms with Crippen molar-refractivity contribution >= 4 is 23.4 Å². The van der Waals surface area contributed by atoms with Crippen molar-refractivity contribution in [3.63, 3.8) is 0 Å². The molecule has 1 aromatic heterocycles. The molecule has 2 rings (SSSR count). The van der Waals surface area contributed by atoms with E-state index >= 15 is 0 Å². The summed E-state index contributed by atoms with van der Waals surface area (Å²) in [4.78, 5) is 12.0. The fourth-order valence-electron chi connectivity index (χ4n) is 1.91. The van der Waals surface area contributed by atoms with Crippen LogP contribution in [0.3, 0.4) is 0 Å². The molecule has 0 aliphatic rings. The number of hydrogen-bond donors (Lipinski definition) is 1. The van der Waals surface area contributed by atoms with Crippen LogP contribution in [0, 0.1) is 0 Å². The van der Waals surface area contributed by atoms with E-state index < -0.39 is 5.97 Å². The van der Waals surface area contributed by atoms with Crippen LogP contribution in [0.4, 0.5) is 5.69 Å². The molecule has 0 amide bonds. The number of esters is 1. The normalized spacial score (nSPS) is 10.6. The van der Waals surface area contributed by atoms with Crippen LogP contribution in [0.1, 0.15) is 17.4 Å². The largest absolute Gasteiger partial charge is 0.461 e. The number of thioether (sulfide) groups is 1. The Bertz CT molecular complexity index is 610. The smallest absolute Gasteiger partial charge is 0.361 e. The van der Waals surface area contributed by atoms with Gasteiger partial charge in [0, 0.05) is 17.0 Å². The molecule has 0 saturated carbocycles. The third kappa shape index (κ3) is 3.55. The molecule has 0 unspecified atom stereocenters. The number of nitrogen functional groups attached to an aromatic ring is 1. The highest BCUT2D eigenvalue weighted by molar-refractivity contribution is 7.98. The topological polar surface area (TPSA) is 83.0 Å². The molecule has 1 heterocycles. The number of aromatic nitrogens is 3. The first kappa shape index (κ1) is 15.4. The van der Waals surface area contributed by atoms with Gasteiger partial charge in [-0.2, -0.15) is 11.8 Å². The monoisotopic (exact) mass is 306 g/mol. The zero-order chi connectivity index (χ0) is 15.2. The van der Waals surface area contributed by atoms with E-state index in [1.807, 2.05) is 18.4 Å². The number of nitrogens with zero attached hydrogens (tertiary/aromatic N) is 3. The second kappa shape index (κ2) is 7.12. The number of benzene rings is 1. The molecule has 0 fully saturated rings. The fourth-order valence-corrected chi connectivity index (χ4v) is 2.27. The summed E-state index contributed by atoms with van der Waals surface area (Å²) in [7, 11) is 0. The minimum atomic E-state index is -0.459. The van der Waals surface area contributed by atoms with Crippen molar-refractivity contribution in [2.75, 3.05) is 24.3 Å². The summed E-state index contributed by atoms with van der Waals surface area (Å²) in [5.74, 6) is 0.424. The summed E-state index contributed by atoms with van der Waals surface area (Å²) >= 11 is 1.71. The van der Waals surface area contributed by atoms with Crippen molar-refractivity contribution in [3.05, 3.63) is 30.0 Å². The van der Waals surface area contributed by atoms with Crippen LogP contribution in [-0.2, 0) is 11.3 Å². The predicted octanol–water partition coefficient (Wildman–Crippen LogP) is 2.07. The Kier molecular flexibility index (Phi) is 5.21. The SMILES string of the molecule is CCOC(=O)c1nnn(CCSC)c1-c1ccc(N)cc1. The maximum atomic E-state index is 12.0. The number of rotatable bonds is 6. The molecule has 21 heavy (non-hydrogen) atoms. The van der Waals surface area contributed by atoms with E-state index in [9.17, 15) is 4.79 Å². The highest BCUT2D eigenvalue weighted by Gasteiger charge is 2.22. The number of carbonyl (C=O) groups is 1. The number of aryl methyl sites for hydroxylation is 1. The molecule has 0 bridgehead atoms. The Morgan fingerprint density at radius 2 is 2.10 bits per heavy atom. The molecular weight excluding hydrogens is 288 g/mol. The lowest BCUT2D eigenvalue weighted by atomic mass is 10.1. The Balaban J connectivity index is 2.44. The van der Waals surface area contributed by atoms with E-state index in [0.29, 0.717) is 24.5 Å². The minimum absolute atomic E-state index is 0.239. The third-order valence-corrected chi connectivity index (χ3v) is 3.49. The van der Waals surface area contributed by atoms with Crippen LogP contribution < -0.4 is 5.73 Å². The van der Waals surface area contributed by atoms with Crippen molar-refractivity contribution < 1.29 is 9.53 Å². The third-order valence-electron chi connectivity index (χ3n) is 2.90. The first-order valence-corrected chi connectivity index (χ1v) is 8.02. The maximum absolute atomic E-state index is 12.0. The van der Waals surface area contributed by atoms with E-state index in [1.165, 1.54) is 0 Å². The average molecular weight is 306 g/mol. The number of nitrogens with two attached hydrogens (primary N) is 1. The summed E-state index contributed by atoms with van der Waals surface area (Å²) in [5.41, 5.74) is 8.13. The van der Waals surface area contributed by atoms with E-state index in [-0.39, 0.29) is 5.69 Å². The number of carbonyl (C=O) groups excluding carboxylic acids is 1. The van der Waals surface area contributed by atoms with Crippen LogP contribution in [0.2, 0.25) is 0 Å². The van der Waals surface area contributed by atoms with Gasteiger partial charge in [0.1, 0.15) is 5.69 Å². The van der Waals surface area contributed by atoms with Gasteiger partial charge in [-0.25, -0.2) is 9.48 Å². The second-order valence-corrected chi connectivity index (χ2v) is 5.33. The molecule has 2 aromatic rings. The first-order valence-electron chi connectivity index (χ1n) is 6.62. The molecule has 0 radical (unpaired) electrons. The molecule has 0 spiro atoms. The van der Waals surface area contributed by atoms with Crippen LogP contribution >= 0.6 is 11.8 Å². The van der Waals surface area contributed by atoms with E-state index in [2.05, 4.69) is 10.3 Å². The van der Waals surface area contributed by atoms with Crippen LogP contribution in [-0.4, -0.2) is 39.6 Å². The molecule has 0 atom stereocenters. The zero-order valence-corrected chi connectivity index (χ0v) is 12.9. The van der Waals surface area contributed by atoms with Crippen LogP contribution in [0.15, 0.2) is 24.3 Å². The fraction of sp³-hybridized carbons (Fsp3) is 0.357. The number of anilines is 1. The molecular formula is C14H18N4O2S. The van der Waals surface area contributed by atoms with Gasteiger partial charge < -0.3 is 10.5 Å². The molecule has 0 saturated heterocycles. The lowest BCUT2D eigenvalue weighted by Gasteiger charge is -2.08. The molecule has 0 aliphatic carbocycles. The van der Waals surface area contributed by atoms with Gasteiger partial charge in [-0.05, 0) is 25.3 Å². The van der Waals surface area contributed by atoms with Crippen molar-refractivity contribution in [1.29, 1.82) is 0 Å². The Labute approximate surface area is 127 Å². The molecule has 0 aliphatic heterocycles. The van der Waals surface area contributed by atoms with Gasteiger partial charge in [0.25, 0.3) is 0 Å². The van der Waals surface area contributed by atoms with Crippen LogP contribution in [0.5, 0.6) is 0 Å². The van der Waals surface area contributed by atoms with Gasteiger partial charge in [-0.3, -0.25) is 0 Å². The van der Waals surface area contributed by atoms with Gasteiger partial charge in [-0.1, -0.05) is 17.3 Å². The number of ether oxygens (including phenoxy) is 1. The van der Waals surface area contributed by atoms with Gasteiger partial charge in [-0.15, -0.1) is 5.10 Å². The molecule has 7 heteroatoms.